The maximum atomic E-state index is 12.5. The fourth-order valence-corrected chi connectivity index (χ4v) is 3.32. The first-order chi connectivity index (χ1) is 13.6. The summed E-state index contributed by atoms with van der Waals surface area (Å²) in [6.45, 7) is 3.28. The van der Waals surface area contributed by atoms with Crippen LogP contribution in [0.3, 0.4) is 0 Å². The molecule has 0 radical (unpaired) electrons. The van der Waals surface area contributed by atoms with E-state index in [1.54, 1.807) is 14.2 Å². The fourth-order valence-electron chi connectivity index (χ4n) is 3.32. The third-order valence-electron chi connectivity index (χ3n) is 4.73. The third-order valence-corrected chi connectivity index (χ3v) is 4.73. The molecular formula is C21H31NO6. The summed E-state index contributed by atoms with van der Waals surface area (Å²) >= 11 is 0. The Morgan fingerprint density at radius 1 is 1.25 bits per heavy atom. The Kier molecular flexibility index (Phi) is 9.27. The Morgan fingerprint density at radius 3 is 2.61 bits per heavy atom. The smallest absolute Gasteiger partial charge is 0.286 e. The van der Waals surface area contributed by atoms with Gasteiger partial charge in [0.05, 0.1) is 13.7 Å². The van der Waals surface area contributed by atoms with Gasteiger partial charge in [-0.25, -0.2) is 0 Å². The van der Waals surface area contributed by atoms with Gasteiger partial charge in [-0.1, -0.05) is 12.1 Å². The topological polar surface area (TPSA) is 86.3 Å². The number of carbonyl (C=O) groups is 1. The number of aliphatic hydroxyl groups excluding tert-OH is 1. The Morgan fingerprint density at radius 2 is 2.00 bits per heavy atom. The molecule has 1 aliphatic heterocycles. The van der Waals surface area contributed by atoms with Gasteiger partial charge in [-0.3, -0.25) is 4.79 Å². The van der Waals surface area contributed by atoms with Gasteiger partial charge in [0.15, 0.2) is 5.76 Å². The quantitative estimate of drug-likeness (QED) is 0.561. The summed E-state index contributed by atoms with van der Waals surface area (Å²) in [5.74, 6) is 0.629. The molecule has 3 atom stereocenters. The highest BCUT2D eigenvalue weighted by molar-refractivity contribution is 5.91. The largest absolute Gasteiger partial charge is 0.497 e. The summed E-state index contributed by atoms with van der Waals surface area (Å²) in [5.41, 5.74) is 1.04. The van der Waals surface area contributed by atoms with Crippen molar-refractivity contribution in [1.29, 1.82) is 0 Å². The molecule has 0 saturated carbocycles. The molecule has 0 bridgehead atoms. The third kappa shape index (κ3) is 5.95. The zero-order chi connectivity index (χ0) is 20.4. The second-order valence-corrected chi connectivity index (χ2v) is 6.55. The number of nitrogens with one attached hydrogen (secondary N) is 1. The Hall–Kier alpha value is -2.09. The molecule has 0 spiro atoms. The predicted molar refractivity (Wildman–Crippen MR) is 105 cm³/mol. The molecule has 0 saturated heterocycles. The van der Waals surface area contributed by atoms with E-state index in [0.717, 1.165) is 11.3 Å². The highest BCUT2D eigenvalue weighted by Crippen LogP contribution is 2.39. The van der Waals surface area contributed by atoms with Crippen LogP contribution in [0.25, 0.3) is 0 Å². The average Bonchev–Trinajstić information content (AvgIpc) is 2.72. The van der Waals surface area contributed by atoms with E-state index in [1.807, 2.05) is 37.3 Å². The van der Waals surface area contributed by atoms with Crippen LogP contribution in [0.2, 0.25) is 0 Å². The Bertz CT molecular complexity index is 630. The molecular weight excluding hydrogens is 362 g/mol. The monoisotopic (exact) mass is 393 g/mol. The van der Waals surface area contributed by atoms with Crippen molar-refractivity contribution < 1.29 is 28.8 Å². The van der Waals surface area contributed by atoms with E-state index < -0.39 is 6.29 Å². The van der Waals surface area contributed by atoms with Crippen molar-refractivity contribution in [2.45, 2.75) is 32.0 Å². The van der Waals surface area contributed by atoms with Gasteiger partial charge < -0.3 is 29.4 Å². The molecule has 156 valence electrons. The van der Waals surface area contributed by atoms with Crippen LogP contribution < -0.4 is 10.1 Å². The van der Waals surface area contributed by atoms with Crippen molar-refractivity contribution in [1.82, 2.24) is 5.32 Å². The first-order valence-electron chi connectivity index (χ1n) is 9.66. The van der Waals surface area contributed by atoms with E-state index >= 15 is 0 Å². The standard InChI is InChI=1S/C21H31NO6/c1-4-27-21-17(6-5-12-23)18(15-7-9-16(26-3)10-8-15)14-19(28-21)20(24)22-11-13-25-2/h7-10,14,17-18,21,23H,4-6,11-13H2,1-3H3,(H,22,24)/t17-,18-,21-/m0/s1. The van der Waals surface area contributed by atoms with Crippen molar-refractivity contribution in [2.24, 2.45) is 5.92 Å². The second kappa shape index (κ2) is 11.7. The summed E-state index contributed by atoms with van der Waals surface area (Å²) in [6.07, 6.45) is 2.64. The molecule has 28 heavy (non-hydrogen) atoms. The van der Waals surface area contributed by atoms with Crippen LogP contribution in [0.15, 0.2) is 36.1 Å². The molecule has 0 unspecified atom stereocenters. The van der Waals surface area contributed by atoms with Crippen molar-refractivity contribution in [3.05, 3.63) is 41.7 Å². The summed E-state index contributed by atoms with van der Waals surface area (Å²) in [5, 5.41) is 12.1. The summed E-state index contributed by atoms with van der Waals surface area (Å²) in [7, 11) is 3.21. The normalized spacial score (nSPS) is 21.6. The number of carbonyl (C=O) groups excluding carboxylic acids is 1. The SMILES string of the molecule is CCO[C@H]1OC(C(=O)NCCOC)=C[C@@H](c2ccc(OC)cc2)[C@@H]1CCCO. The van der Waals surface area contributed by atoms with E-state index in [9.17, 15) is 9.90 Å². The molecule has 0 aliphatic carbocycles. The molecule has 2 rings (SSSR count). The van der Waals surface area contributed by atoms with Gasteiger partial charge in [0.25, 0.3) is 5.91 Å². The lowest BCUT2D eigenvalue weighted by Gasteiger charge is -2.37. The summed E-state index contributed by atoms with van der Waals surface area (Å²) in [6, 6.07) is 7.77. The zero-order valence-electron chi connectivity index (χ0n) is 16.8. The molecule has 1 aliphatic rings. The van der Waals surface area contributed by atoms with Crippen LogP contribution in [0.5, 0.6) is 5.75 Å². The molecule has 1 amide bonds. The number of benzene rings is 1. The van der Waals surface area contributed by atoms with Crippen LogP contribution in [-0.4, -0.2) is 57.9 Å². The number of allylic oxidation sites excluding steroid dienone is 1. The van der Waals surface area contributed by atoms with E-state index in [4.69, 9.17) is 18.9 Å². The molecule has 1 heterocycles. The minimum atomic E-state index is -0.558. The van der Waals surface area contributed by atoms with Crippen molar-refractivity contribution >= 4 is 5.91 Å². The van der Waals surface area contributed by atoms with Gasteiger partial charge in [-0.2, -0.15) is 0 Å². The summed E-state index contributed by atoms with van der Waals surface area (Å²) < 4.78 is 22.0. The molecule has 0 fully saturated rings. The maximum absolute atomic E-state index is 12.5. The number of aliphatic hydroxyl groups is 1. The van der Waals surface area contributed by atoms with Crippen LogP contribution in [-0.2, 0) is 19.0 Å². The number of hydrogen-bond donors (Lipinski definition) is 2. The minimum absolute atomic E-state index is 0.0176. The zero-order valence-corrected chi connectivity index (χ0v) is 16.8. The fraction of sp³-hybridized carbons (Fsp3) is 0.571. The van der Waals surface area contributed by atoms with E-state index in [-0.39, 0.29) is 30.1 Å². The first-order valence-corrected chi connectivity index (χ1v) is 9.66. The van der Waals surface area contributed by atoms with Gasteiger partial charge in [0, 0.05) is 38.7 Å². The van der Waals surface area contributed by atoms with Gasteiger partial charge in [0.1, 0.15) is 5.75 Å². The van der Waals surface area contributed by atoms with Gasteiger partial charge in [-0.15, -0.1) is 0 Å². The summed E-state index contributed by atoms with van der Waals surface area (Å²) in [4.78, 5) is 12.5. The lowest BCUT2D eigenvalue weighted by molar-refractivity contribution is -0.166. The van der Waals surface area contributed by atoms with Crippen LogP contribution in [0, 0.1) is 5.92 Å². The number of ether oxygens (including phenoxy) is 4. The van der Waals surface area contributed by atoms with Crippen LogP contribution >= 0.6 is 0 Å². The molecule has 7 heteroatoms. The van der Waals surface area contributed by atoms with Crippen molar-refractivity contribution in [2.75, 3.05) is 40.6 Å². The Labute approximate surface area is 166 Å². The highest BCUT2D eigenvalue weighted by atomic mass is 16.7. The van der Waals surface area contributed by atoms with Gasteiger partial charge in [0.2, 0.25) is 6.29 Å². The van der Waals surface area contributed by atoms with E-state index in [1.165, 1.54) is 0 Å². The lowest BCUT2D eigenvalue weighted by Crippen LogP contribution is -2.39. The molecule has 1 aromatic carbocycles. The molecule has 0 aromatic heterocycles. The van der Waals surface area contributed by atoms with Crippen LogP contribution in [0.4, 0.5) is 0 Å². The lowest BCUT2D eigenvalue weighted by atomic mass is 9.80. The highest BCUT2D eigenvalue weighted by Gasteiger charge is 2.37. The number of rotatable bonds is 11. The number of amides is 1. The second-order valence-electron chi connectivity index (χ2n) is 6.55. The van der Waals surface area contributed by atoms with Crippen molar-refractivity contribution in [3.8, 4) is 5.75 Å². The van der Waals surface area contributed by atoms with Crippen molar-refractivity contribution in [3.63, 3.8) is 0 Å². The molecule has 7 nitrogen and oxygen atoms in total. The minimum Gasteiger partial charge on any atom is -0.497 e. The van der Waals surface area contributed by atoms with Crippen LogP contribution in [0.1, 0.15) is 31.2 Å². The first kappa shape index (κ1) is 22.2. The van der Waals surface area contributed by atoms with E-state index in [2.05, 4.69) is 5.32 Å². The predicted octanol–water partition coefficient (Wildman–Crippen LogP) is 2.21. The average molecular weight is 393 g/mol. The van der Waals surface area contributed by atoms with Gasteiger partial charge >= 0.3 is 0 Å². The van der Waals surface area contributed by atoms with E-state index in [0.29, 0.717) is 32.6 Å². The molecule has 2 N–H and O–H groups in total. The van der Waals surface area contributed by atoms with Gasteiger partial charge in [-0.05, 0) is 43.5 Å². The molecule has 1 aromatic rings. The maximum Gasteiger partial charge on any atom is 0.286 e. The number of hydrogen-bond acceptors (Lipinski definition) is 6. The Balaban J connectivity index is 2.32. The number of methoxy groups -OCH3 is 2.